The fourth-order valence-electron chi connectivity index (χ4n) is 3.91. The number of hydrogen-bond acceptors (Lipinski definition) is 3. The van der Waals surface area contributed by atoms with Crippen LogP contribution in [-0.2, 0) is 20.4 Å². The Morgan fingerprint density at radius 1 is 1.13 bits per heavy atom. The van der Waals surface area contributed by atoms with E-state index < -0.39 is 29.2 Å². The molecule has 0 heterocycles. The van der Waals surface area contributed by atoms with Gasteiger partial charge in [0.15, 0.2) is 11.6 Å². The smallest absolute Gasteiger partial charge is 0.429 e. The Morgan fingerprint density at radius 2 is 1.83 bits per heavy atom. The highest BCUT2D eigenvalue weighted by Gasteiger charge is 2.40. The number of allylic oxidation sites excluding steroid dienone is 3. The molecule has 0 spiro atoms. The van der Waals surface area contributed by atoms with Crippen molar-refractivity contribution in [1.82, 2.24) is 0 Å². The molecule has 0 aromatic heterocycles. The molecule has 1 aromatic carbocycles. The normalized spacial score (nSPS) is 24.7. The van der Waals surface area contributed by atoms with Gasteiger partial charge in [0.25, 0.3) is 0 Å². The molecule has 0 saturated heterocycles. The largest absolute Gasteiger partial charge is 0.462 e. The number of esters is 1. The third-order valence-electron chi connectivity index (χ3n) is 5.89. The summed E-state index contributed by atoms with van der Waals surface area (Å²) in [6.07, 6.45) is 3.28. The molecule has 1 aromatic rings. The van der Waals surface area contributed by atoms with E-state index in [1.165, 1.54) is 13.0 Å². The summed E-state index contributed by atoms with van der Waals surface area (Å²) in [5.74, 6) is -3.27. The predicted molar refractivity (Wildman–Crippen MR) is 104 cm³/mol. The summed E-state index contributed by atoms with van der Waals surface area (Å²) in [5.41, 5.74) is -1.22. The molecule has 0 amide bonds. The van der Waals surface area contributed by atoms with Crippen LogP contribution in [0.2, 0.25) is 0 Å². The first-order valence-corrected chi connectivity index (χ1v) is 10.2. The maximum absolute atomic E-state index is 14.4. The minimum atomic E-state index is -4.01. The summed E-state index contributed by atoms with van der Waals surface area (Å²) in [6.45, 7) is 5.08. The van der Waals surface area contributed by atoms with E-state index in [-0.39, 0.29) is 36.2 Å². The minimum absolute atomic E-state index is 0.0454. The van der Waals surface area contributed by atoms with E-state index in [1.807, 2.05) is 6.08 Å². The summed E-state index contributed by atoms with van der Waals surface area (Å²) in [6, 6.07) is 1.90. The second-order valence-corrected chi connectivity index (χ2v) is 8.03. The standard InChI is InChI=1S/C23H26F4O3/c1-3-15-5-9-17(10-6-15)29-22(28)16-7-11-18(12-8-16)30-23(26,27)19-13-4-14(2)20(24)21(19)25/h3-4,11,13,15-17H,1,5-10,12H2,2H3. The Kier molecular flexibility index (Phi) is 6.88. The lowest BCUT2D eigenvalue weighted by Gasteiger charge is -2.29. The number of rotatable bonds is 6. The number of hydrogen-bond donors (Lipinski definition) is 0. The van der Waals surface area contributed by atoms with Crippen LogP contribution >= 0.6 is 0 Å². The first-order valence-electron chi connectivity index (χ1n) is 10.2. The summed E-state index contributed by atoms with van der Waals surface area (Å²) >= 11 is 0. The van der Waals surface area contributed by atoms with Crippen molar-refractivity contribution in [2.24, 2.45) is 11.8 Å². The highest BCUT2D eigenvalue weighted by Crippen LogP contribution is 2.38. The van der Waals surface area contributed by atoms with E-state index >= 15 is 0 Å². The van der Waals surface area contributed by atoms with Crippen molar-refractivity contribution in [3.63, 3.8) is 0 Å². The van der Waals surface area contributed by atoms with E-state index in [4.69, 9.17) is 9.47 Å². The third-order valence-corrected chi connectivity index (χ3v) is 5.89. The quantitative estimate of drug-likeness (QED) is 0.304. The summed E-state index contributed by atoms with van der Waals surface area (Å²) in [5, 5.41) is 0. The number of carbonyl (C=O) groups is 1. The summed E-state index contributed by atoms with van der Waals surface area (Å²) < 4.78 is 66.6. The van der Waals surface area contributed by atoms with Gasteiger partial charge in [0.05, 0.1) is 11.7 Å². The Labute approximate surface area is 173 Å². The van der Waals surface area contributed by atoms with Crippen LogP contribution in [0.1, 0.15) is 56.1 Å². The van der Waals surface area contributed by atoms with Gasteiger partial charge >= 0.3 is 12.1 Å². The second-order valence-electron chi connectivity index (χ2n) is 8.03. The number of alkyl halides is 2. The van der Waals surface area contributed by atoms with Crippen molar-refractivity contribution in [2.75, 3.05) is 0 Å². The molecule has 3 rings (SSSR count). The maximum atomic E-state index is 14.4. The summed E-state index contributed by atoms with van der Waals surface area (Å²) in [4.78, 5) is 12.4. The predicted octanol–water partition coefficient (Wildman–Crippen LogP) is 6.31. The van der Waals surface area contributed by atoms with Crippen molar-refractivity contribution in [3.05, 3.63) is 59.4 Å². The molecule has 3 nitrogen and oxygen atoms in total. The molecule has 1 atom stereocenters. The van der Waals surface area contributed by atoms with E-state index in [9.17, 15) is 22.4 Å². The van der Waals surface area contributed by atoms with Gasteiger partial charge in [0.1, 0.15) is 11.7 Å². The van der Waals surface area contributed by atoms with Gasteiger partial charge in [-0.05, 0) is 69.1 Å². The molecule has 1 fully saturated rings. The van der Waals surface area contributed by atoms with E-state index in [2.05, 4.69) is 6.58 Å². The fourth-order valence-corrected chi connectivity index (χ4v) is 3.91. The van der Waals surface area contributed by atoms with Gasteiger partial charge in [-0.1, -0.05) is 12.1 Å². The topological polar surface area (TPSA) is 35.5 Å². The van der Waals surface area contributed by atoms with Gasteiger partial charge in [-0.3, -0.25) is 4.79 Å². The number of halogens is 4. The minimum Gasteiger partial charge on any atom is -0.462 e. The average molecular weight is 426 g/mol. The number of benzene rings is 1. The third kappa shape index (κ3) is 5.05. The van der Waals surface area contributed by atoms with Crippen molar-refractivity contribution in [2.45, 2.75) is 64.1 Å². The van der Waals surface area contributed by atoms with Crippen LogP contribution < -0.4 is 0 Å². The fraction of sp³-hybridized carbons (Fsp3) is 0.522. The number of aryl methyl sites for hydroxylation is 1. The lowest BCUT2D eigenvalue weighted by atomic mass is 9.87. The molecule has 2 aliphatic rings. The molecule has 7 heteroatoms. The van der Waals surface area contributed by atoms with E-state index in [1.54, 1.807) is 0 Å². The van der Waals surface area contributed by atoms with Gasteiger partial charge < -0.3 is 9.47 Å². The van der Waals surface area contributed by atoms with E-state index in [0.29, 0.717) is 12.3 Å². The zero-order chi connectivity index (χ0) is 21.9. The Balaban J connectivity index is 1.56. The van der Waals surface area contributed by atoms with Crippen LogP contribution in [0.25, 0.3) is 0 Å². The molecular formula is C23H26F4O3. The number of ether oxygens (including phenoxy) is 2. The molecule has 0 radical (unpaired) electrons. The Hall–Kier alpha value is -2.31. The SMILES string of the molecule is C=CC1CCC(OC(=O)C2CC=C(OC(F)(F)c3ccc(C)c(F)c3F)CC2)CC1. The van der Waals surface area contributed by atoms with Crippen LogP contribution in [0, 0.1) is 30.4 Å². The maximum Gasteiger partial charge on any atom is 0.429 e. The van der Waals surface area contributed by atoms with Gasteiger partial charge in [0, 0.05) is 6.42 Å². The van der Waals surface area contributed by atoms with Crippen molar-refractivity contribution >= 4 is 5.97 Å². The zero-order valence-electron chi connectivity index (χ0n) is 16.9. The molecule has 1 unspecified atom stereocenters. The molecule has 0 N–H and O–H groups in total. The van der Waals surface area contributed by atoms with Gasteiger partial charge in [-0.2, -0.15) is 8.78 Å². The monoisotopic (exact) mass is 426 g/mol. The molecule has 0 bridgehead atoms. The van der Waals surface area contributed by atoms with Crippen LogP contribution in [0.5, 0.6) is 0 Å². The molecule has 0 aliphatic heterocycles. The van der Waals surface area contributed by atoms with Crippen LogP contribution in [0.15, 0.2) is 36.6 Å². The highest BCUT2D eigenvalue weighted by molar-refractivity contribution is 5.73. The van der Waals surface area contributed by atoms with Gasteiger partial charge in [-0.15, -0.1) is 6.58 Å². The molecular weight excluding hydrogens is 400 g/mol. The van der Waals surface area contributed by atoms with Crippen molar-refractivity contribution in [1.29, 1.82) is 0 Å². The molecule has 30 heavy (non-hydrogen) atoms. The molecule has 2 aliphatic carbocycles. The van der Waals surface area contributed by atoms with Crippen LogP contribution in [0.4, 0.5) is 17.6 Å². The van der Waals surface area contributed by atoms with Crippen LogP contribution in [-0.4, -0.2) is 12.1 Å². The first kappa shape index (κ1) is 22.4. The zero-order valence-corrected chi connectivity index (χ0v) is 16.9. The van der Waals surface area contributed by atoms with Crippen LogP contribution in [0.3, 0.4) is 0 Å². The van der Waals surface area contributed by atoms with Gasteiger partial charge in [0.2, 0.25) is 0 Å². The Morgan fingerprint density at radius 3 is 2.43 bits per heavy atom. The highest BCUT2D eigenvalue weighted by atomic mass is 19.3. The molecule has 1 saturated carbocycles. The molecule has 164 valence electrons. The average Bonchev–Trinajstić information content (AvgIpc) is 2.72. The Bertz CT molecular complexity index is 826. The first-order chi connectivity index (χ1) is 14.2. The lowest BCUT2D eigenvalue weighted by Crippen LogP contribution is -2.29. The second kappa shape index (κ2) is 9.23. The van der Waals surface area contributed by atoms with Gasteiger partial charge in [-0.25, -0.2) is 8.78 Å². The summed E-state index contributed by atoms with van der Waals surface area (Å²) in [7, 11) is 0. The van der Waals surface area contributed by atoms with E-state index in [0.717, 1.165) is 37.8 Å². The van der Waals surface area contributed by atoms with Crippen molar-refractivity contribution < 1.29 is 31.8 Å². The number of carbonyl (C=O) groups excluding carboxylic acids is 1. The van der Waals surface area contributed by atoms with Crippen molar-refractivity contribution in [3.8, 4) is 0 Å². The lowest BCUT2D eigenvalue weighted by molar-refractivity contribution is -0.228.